The first-order valence-electron chi connectivity index (χ1n) is 14.3. The molecule has 0 radical (unpaired) electrons. The number of thiophene rings is 1. The minimum atomic E-state index is -4.46. The molecule has 1 amide bonds. The highest BCUT2D eigenvalue weighted by atomic mass is 32.1. The Labute approximate surface area is 253 Å². The average Bonchev–Trinajstić information content (AvgIpc) is 3.41. The summed E-state index contributed by atoms with van der Waals surface area (Å²) >= 11 is 1.24. The van der Waals surface area contributed by atoms with E-state index in [4.69, 9.17) is 14.2 Å². The van der Waals surface area contributed by atoms with Gasteiger partial charge in [0.05, 0.1) is 36.9 Å². The fourth-order valence-electron chi connectivity index (χ4n) is 5.61. The van der Waals surface area contributed by atoms with Crippen molar-refractivity contribution in [2.24, 2.45) is 0 Å². The van der Waals surface area contributed by atoms with Gasteiger partial charge >= 0.3 is 18.4 Å². The van der Waals surface area contributed by atoms with E-state index in [0.717, 1.165) is 10.9 Å². The van der Waals surface area contributed by atoms with Crippen LogP contribution in [0.25, 0.3) is 10.9 Å². The van der Waals surface area contributed by atoms with Crippen molar-refractivity contribution in [3.8, 4) is 5.06 Å². The summed E-state index contributed by atoms with van der Waals surface area (Å²) in [5.74, 6) is 0. The summed E-state index contributed by atoms with van der Waals surface area (Å²) in [6, 6.07) is 9.52. The standard InChI is InChI=1S/C31H38F3N3O5S/c1-18-14-21-20-10-8-9-11-22(20)37(28(39)42-30(5,6)7)25(21)26(36(18)17-31(32,33)34)23-12-13-24(43-23)40-19-15-35(16-19)27(38)41-29(2,3)4/h8-13,18-19,26H,14-17H2,1-7H3/t18-,26-/m1/s1. The predicted octanol–water partition coefficient (Wildman–Crippen LogP) is 7.38. The zero-order chi connectivity index (χ0) is 31.5. The lowest BCUT2D eigenvalue weighted by Gasteiger charge is -2.41. The predicted molar refractivity (Wildman–Crippen MR) is 158 cm³/mol. The van der Waals surface area contributed by atoms with Crippen molar-refractivity contribution in [3.05, 3.63) is 52.5 Å². The number of carbonyl (C=O) groups excluding carboxylic acids is 2. The van der Waals surface area contributed by atoms with Crippen LogP contribution < -0.4 is 4.74 Å². The largest absolute Gasteiger partial charge is 0.477 e. The molecule has 0 unspecified atom stereocenters. The fraction of sp³-hybridized carbons (Fsp3) is 0.548. The number of amides is 1. The SMILES string of the molecule is C[C@@H]1Cc2c(n(C(=O)OC(C)(C)C)c3ccccc23)[C@@H](c2ccc(OC3CN(C(=O)OC(C)(C)C)C3)s2)N1CC(F)(F)F. The van der Waals surface area contributed by atoms with Crippen LogP contribution in [-0.2, 0) is 15.9 Å². The van der Waals surface area contributed by atoms with Gasteiger partial charge in [-0.15, -0.1) is 11.3 Å². The van der Waals surface area contributed by atoms with Crippen molar-refractivity contribution in [2.45, 2.75) is 90.5 Å². The number of likely N-dealkylation sites (tertiary alicyclic amines) is 1. The zero-order valence-electron chi connectivity index (χ0n) is 25.4. The molecule has 12 heteroatoms. The quantitative estimate of drug-likeness (QED) is 0.303. The van der Waals surface area contributed by atoms with Crippen molar-refractivity contribution in [1.82, 2.24) is 14.4 Å². The minimum absolute atomic E-state index is 0.264. The molecule has 2 atom stereocenters. The monoisotopic (exact) mass is 621 g/mol. The summed E-state index contributed by atoms with van der Waals surface area (Å²) in [5, 5.41) is 1.34. The van der Waals surface area contributed by atoms with Crippen LogP contribution in [0.5, 0.6) is 5.06 Å². The molecule has 2 aliphatic heterocycles. The highest BCUT2D eigenvalue weighted by Crippen LogP contribution is 2.47. The molecular weight excluding hydrogens is 583 g/mol. The maximum Gasteiger partial charge on any atom is 0.419 e. The highest BCUT2D eigenvalue weighted by Gasteiger charge is 2.45. The molecule has 5 rings (SSSR count). The molecule has 0 saturated carbocycles. The van der Waals surface area contributed by atoms with Gasteiger partial charge in [-0.2, -0.15) is 13.2 Å². The maximum absolute atomic E-state index is 14.0. The Morgan fingerprint density at radius 3 is 2.19 bits per heavy atom. The second kappa shape index (κ2) is 11.0. The molecule has 3 aromatic rings. The van der Waals surface area contributed by atoms with E-state index in [0.29, 0.717) is 40.7 Å². The van der Waals surface area contributed by atoms with E-state index >= 15 is 0 Å². The van der Waals surface area contributed by atoms with Crippen LogP contribution in [0, 0.1) is 0 Å². The van der Waals surface area contributed by atoms with Gasteiger partial charge in [-0.25, -0.2) is 14.2 Å². The van der Waals surface area contributed by atoms with Crippen LogP contribution in [0.2, 0.25) is 0 Å². The number of carbonyl (C=O) groups is 2. The molecule has 1 fully saturated rings. The Balaban J connectivity index is 1.51. The Morgan fingerprint density at radius 2 is 1.56 bits per heavy atom. The number of benzene rings is 1. The Hall–Kier alpha value is -3.25. The first-order chi connectivity index (χ1) is 19.9. The molecule has 2 aliphatic rings. The van der Waals surface area contributed by atoms with Crippen LogP contribution in [0.15, 0.2) is 36.4 Å². The van der Waals surface area contributed by atoms with E-state index in [1.54, 1.807) is 77.6 Å². The van der Waals surface area contributed by atoms with Crippen LogP contribution in [0.1, 0.15) is 70.6 Å². The van der Waals surface area contributed by atoms with Crippen molar-refractivity contribution in [1.29, 1.82) is 0 Å². The molecular formula is C31H38F3N3O5S. The van der Waals surface area contributed by atoms with E-state index in [2.05, 4.69) is 0 Å². The average molecular weight is 622 g/mol. The molecule has 43 heavy (non-hydrogen) atoms. The zero-order valence-corrected chi connectivity index (χ0v) is 26.3. The lowest BCUT2D eigenvalue weighted by molar-refractivity contribution is -0.155. The second-order valence-electron chi connectivity index (χ2n) is 13.2. The summed E-state index contributed by atoms with van der Waals surface area (Å²) in [6.45, 7) is 12.0. The molecule has 0 aliphatic carbocycles. The van der Waals surface area contributed by atoms with Crippen LogP contribution in [0.3, 0.4) is 0 Å². The molecule has 8 nitrogen and oxygen atoms in total. The Bertz CT molecular complexity index is 1510. The van der Waals surface area contributed by atoms with Gasteiger partial charge in [0.15, 0.2) is 5.06 Å². The summed E-state index contributed by atoms with van der Waals surface area (Å²) in [5.41, 5.74) is 0.494. The van der Waals surface area contributed by atoms with Crippen LogP contribution in [-0.4, -0.2) is 75.7 Å². The van der Waals surface area contributed by atoms with Gasteiger partial charge < -0.3 is 19.1 Å². The number of hydrogen-bond donors (Lipinski definition) is 0. The molecule has 1 saturated heterocycles. The first kappa shape index (κ1) is 31.2. The summed E-state index contributed by atoms with van der Waals surface area (Å²) in [7, 11) is 0. The third kappa shape index (κ3) is 6.80. The smallest absolute Gasteiger partial charge is 0.419 e. The number of nitrogens with zero attached hydrogens (tertiary/aromatic N) is 3. The lowest BCUT2D eigenvalue weighted by atomic mass is 9.91. The molecule has 0 bridgehead atoms. The van der Waals surface area contributed by atoms with E-state index in [1.807, 2.05) is 12.1 Å². The highest BCUT2D eigenvalue weighted by molar-refractivity contribution is 7.13. The minimum Gasteiger partial charge on any atom is -0.477 e. The van der Waals surface area contributed by atoms with E-state index in [9.17, 15) is 22.8 Å². The number of rotatable bonds is 4. The first-order valence-corrected chi connectivity index (χ1v) is 15.1. The number of aromatic nitrogens is 1. The van der Waals surface area contributed by atoms with E-state index < -0.39 is 48.2 Å². The fourth-order valence-corrected chi connectivity index (χ4v) is 6.65. The van der Waals surface area contributed by atoms with Gasteiger partial charge in [0.2, 0.25) is 0 Å². The molecule has 234 valence electrons. The van der Waals surface area contributed by atoms with Gasteiger partial charge in [0, 0.05) is 16.3 Å². The van der Waals surface area contributed by atoms with Crippen molar-refractivity contribution >= 4 is 34.4 Å². The molecule has 0 N–H and O–H groups in total. The summed E-state index contributed by atoms with van der Waals surface area (Å²) in [6.07, 6.45) is -5.43. The summed E-state index contributed by atoms with van der Waals surface area (Å²) < 4.78 is 60.7. The number of hydrogen-bond acceptors (Lipinski definition) is 7. The summed E-state index contributed by atoms with van der Waals surface area (Å²) in [4.78, 5) is 29.5. The van der Waals surface area contributed by atoms with Crippen molar-refractivity contribution in [3.63, 3.8) is 0 Å². The van der Waals surface area contributed by atoms with Crippen LogP contribution >= 0.6 is 11.3 Å². The number of para-hydroxylation sites is 1. The van der Waals surface area contributed by atoms with Gasteiger partial charge in [0.1, 0.15) is 17.3 Å². The molecule has 4 heterocycles. The van der Waals surface area contributed by atoms with Crippen molar-refractivity contribution < 1.29 is 37.0 Å². The van der Waals surface area contributed by atoms with E-state index in [1.165, 1.54) is 20.8 Å². The number of fused-ring (bicyclic) bond motifs is 3. The van der Waals surface area contributed by atoms with Crippen molar-refractivity contribution in [2.75, 3.05) is 19.6 Å². The Kier molecular flexibility index (Phi) is 8.00. The van der Waals surface area contributed by atoms with Crippen LogP contribution in [0.4, 0.5) is 22.8 Å². The second-order valence-corrected chi connectivity index (χ2v) is 14.3. The number of alkyl halides is 3. The van der Waals surface area contributed by atoms with Gasteiger partial charge in [0.25, 0.3) is 0 Å². The van der Waals surface area contributed by atoms with Gasteiger partial charge in [-0.05, 0) is 78.6 Å². The van der Waals surface area contributed by atoms with Gasteiger partial charge in [-0.3, -0.25) is 4.90 Å². The third-order valence-corrected chi connectivity index (χ3v) is 8.30. The maximum atomic E-state index is 14.0. The van der Waals surface area contributed by atoms with E-state index in [-0.39, 0.29) is 6.10 Å². The molecule has 1 aromatic carbocycles. The van der Waals surface area contributed by atoms with Gasteiger partial charge in [-0.1, -0.05) is 18.2 Å². The molecule has 0 spiro atoms. The molecule has 2 aromatic heterocycles. The number of ether oxygens (including phenoxy) is 3. The Morgan fingerprint density at radius 1 is 0.930 bits per heavy atom. The normalized spacial score (nSPS) is 20.1. The topological polar surface area (TPSA) is 73.2 Å². The third-order valence-electron chi connectivity index (χ3n) is 7.27. The number of halogens is 3. The lowest BCUT2D eigenvalue weighted by Crippen LogP contribution is -2.57.